The Balaban J connectivity index is 2.08. The molecule has 9 atom stereocenters. The summed E-state index contributed by atoms with van der Waals surface area (Å²) in [5.74, 6) is 6.04. The quantitative estimate of drug-likeness (QED) is 0.0451. The monoisotopic (exact) mass is 907 g/mol. The molecule has 61 heavy (non-hydrogen) atoms. The topological polar surface area (TPSA) is 27.7 Å². The minimum atomic E-state index is -1.57. The fourth-order valence-electron chi connectivity index (χ4n) is 12.2. The van der Waals surface area contributed by atoms with Crippen LogP contribution in [-0.4, -0.2) is 52.1 Å². The van der Waals surface area contributed by atoms with Gasteiger partial charge in [-0.1, -0.05) is 202 Å². The number of fused-ring (bicyclic) bond motifs is 2. The third-order valence-electron chi connectivity index (χ3n) is 15.8. The van der Waals surface area contributed by atoms with Crippen LogP contribution < -0.4 is 0 Å². The molecule has 0 aliphatic heterocycles. The summed E-state index contributed by atoms with van der Waals surface area (Å²) in [6.07, 6.45) is 44.2. The zero-order chi connectivity index (χ0) is 44.8. The molecule has 364 valence electrons. The Morgan fingerprint density at radius 2 is 1.05 bits per heavy atom. The Labute approximate surface area is 389 Å². The molecule has 0 aromatic carbocycles. The first-order valence-electron chi connectivity index (χ1n) is 28.2. The second kappa shape index (κ2) is 34.8. The van der Waals surface area contributed by atoms with Crippen molar-refractivity contribution in [2.75, 3.05) is 19.8 Å². The molecule has 0 radical (unpaired) electrons. The van der Waals surface area contributed by atoms with Gasteiger partial charge in [-0.2, -0.15) is 0 Å². The van der Waals surface area contributed by atoms with E-state index in [4.69, 9.17) is 13.6 Å². The molecule has 9 unspecified atom stereocenters. The fraction of sp³-hybridized carbons (Fsp3) is 1.00. The summed E-state index contributed by atoms with van der Waals surface area (Å²) >= 11 is 0. The molecule has 0 heterocycles. The second-order valence-electron chi connectivity index (χ2n) is 23.3. The van der Waals surface area contributed by atoms with E-state index in [-0.39, 0.29) is 0 Å². The summed E-state index contributed by atoms with van der Waals surface area (Å²) in [5.41, 5.74) is 0.926. The van der Waals surface area contributed by atoms with E-state index in [1.54, 1.807) is 0 Å². The molecule has 0 N–H and O–H groups in total. The summed E-state index contributed by atoms with van der Waals surface area (Å²) in [6.45, 7) is 30.1. The normalized spacial score (nSPS) is 22.1. The molecular formula is C55H114O3Si3. The highest BCUT2D eigenvalue weighted by molar-refractivity contribution is 6.77. The Hall–Kier alpha value is 0.531. The summed E-state index contributed by atoms with van der Waals surface area (Å²) in [5, 5.41) is 0. The number of hydrogen-bond acceptors (Lipinski definition) is 3. The van der Waals surface area contributed by atoms with Crippen LogP contribution in [0, 0.1) is 41.4 Å². The van der Waals surface area contributed by atoms with Crippen LogP contribution in [-0.2, 0) is 13.6 Å². The smallest absolute Gasteiger partial charge is 0.183 e. The van der Waals surface area contributed by atoms with Gasteiger partial charge >= 0.3 is 0 Å². The van der Waals surface area contributed by atoms with Crippen molar-refractivity contribution in [1.29, 1.82) is 0 Å². The summed E-state index contributed by atoms with van der Waals surface area (Å²) in [4.78, 5) is 0. The second-order valence-corrected chi connectivity index (χ2v) is 34.6. The van der Waals surface area contributed by atoms with Gasteiger partial charge in [0.05, 0.1) is 6.61 Å². The van der Waals surface area contributed by atoms with Gasteiger partial charge in [0.2, 0.25) is 0 Å². The van der Waals surface area contributed by atoms with Crippen molar-refractivity contribution in [1.82, 2.24) is 0 Å². The molecule has 3 nitrogen and oxygen atoms in total. The Kier molecular flexibility index (Phi) is 32.9. The SMILES string of the molecule is CCCCCCCCCCCCC(O[SiH2]CC1CC2CC(CC(C(CCCCCCCCCCCC)C(CCCC)CO[Si](C)(C)C)[Si](C)(C)C)C1C2)C(CC)COCCC. The molecule has 2 aliphatic carbocycles. The van der Waals surface area contributed by atoms with Crippen LogP contribution in [0.15, 0.2) is 0 Å². The van der Waals surface area contributed by atoms with Crippen LogP contribution in [0.5, 0.6) is 0 Å². The molecule has 2 rings (SSSR count). The standard InChI is InChI=1S/C55H114O3Si3/c1-12-17-20-22-24-26-28-30-32-34-37-52(49(36-19-14-3)45-57-61(9,10)11)55(60(6,7)8)43-50-40-47-41-51(53(50)42-47)46-59-58-54(48(16-5)44-56-39-15-4)38-35-33-31-29-27-25-23-21-18-13-2/h47-55H,12-46,59H2,1-11H3. The van der Waals surface area contributed by atoms with E-state index >= 15 is 0 Å². The van der Waals surface area contributed by atoms with Crippen molar-refractivity contribution in [3.63, 3.8) is 0 Å². The van der Waals surface area contributed by atoms with Crippen LogP contribution in [0.4, 0.5) is 0 Å². The van der Waals surface area contributed by atoms with Gasteiger partial charge < -0.3 is 13.6 Å². The summed E-state index contributed by atoms with van der Waals surface area (Å²) in [6, 6.07) is 1.43. The zero-order valence-corrected chi connectivity index (χ0v) is 47.3. The van der Waals surface area contributed by atoms with Gasteiger partial charge in [-0.05, 0) is 118 Å². The third-order valence-corrected chi connectivity index (χ3v) is 21.4. The molecule has 2 saturated carbocycles. The van der Waals surface area contributed by atoms with Crippen LogP contribution >= 0.6 is 0 Å². The first-order chi connectivity index (χ1) is 29.4. The molecule has 0 aromatic heterocycles. The highest BCUT2D eigenvalue weighted by Gasteiger charge is 2.48. The fourth-order valence-corrected chi connectivity index (χ4v) is 17.4. The maximum atomic E-state index is 7.17. The van der Waals surface area contributed by atoms with E-state index in [2.05, 4.69) is 73.9 Å². The molecule has 2 fully saturated rings. The van der Waals surface area contributed by atoms with E-state index in [1.165, 1.54) is 199 Å². The first kappa shape index (κ1) is 57.7. The third kappa shape index (κ3) is 25.9. The lowest BCUT2D eigenvalue weighted by Gasteiger charge is -2.44. The summed E-state index contributed by atoms with van der Waals surface area (Å²) in [7, 11) is -3.53. The van der Waals surface area contributed by atoms with Crippen molar-refractivity contribution < 1.29 is 13.6 Å². The molecule has 0 spiro atoms. The Morgan fingerprint density at radius 3 is 1.54 bits per heavy atom. The van der Waals surface area contributed by atoms with Gasteiger partial charge in [0.1, 0.15) is 0 Å². The molecule has 2 bridgehead atoms. The van der Waals surface area contributed by atoms with E-state index in [0.29, 0.717) is 12.0 Å². The van der Waals surface area contributed by atoms with E-state index in [1.807, 2.05) is 0 Å². The Morgan fingerprint density at radius 1 is 0.525 bits per heavy atom. The molecule has 2 aliphatic rings. The van der Waals surface area contributed by atoms with Crippen molar-refractivity contribution in [3.8, 4) is 0 Å². The predicted octanol–water partition coefficient (Wildman–Crippen LogP) is 18.0. The van der Waals surface area contributed by atoms with Crippen LogP contribution in [0.3, 0.4) is 0 Å². The van der Waals surface area contributed by atoms with Crippen molar-refractivity contribution >= 4 is 26.2 Å². The van der Waals surface area contributed by atoms with E-state index in [0.717, 1.165) is 67.3 Å². The first-order valence-corrected chi connectivity index (χ1v) is 36.8. The lowest BCUT2D eigenvalue weighted by molar-refractivity contribution is 0.0341. The highest BCUT2D eigenvalue weighted by atomic mass is 28.4. The maximum Gasteiger partial charge on any atom is 0.183 e. The minimum absolute atomic E-state index is 0.429. The van der Waals surface area contributed by atoms with Crippen LogP contribution in [0.2, 0.25) is 50.9 Å². The van der Waals surface area contributed by atoms with E-state index < -0.39 is 26.2 Å². The van der Waals surface area contributed by atoms with Gasteiger partial charge in [0.25, 0.3) is 0 Å². The number of rotatable bonds is 43. The van der Waals surface area contributed by atoms with Gasteiger partial charge in [0, 0.05) is 33.3 Å². The van der Waals surface area contributed by atoms with Crippen LogP contribution in [0.25, 0.3) is 0 Å². The molecule has 6 heteroatoms. The van der Waals surface area contributed by atoms with Gasteiger partial charge in [-0.25, -0.2) is 0 Å². The van der Waals surface area contributed by atoms with Gasteiger partial charge in [0.15, 0.2) is 18.1 Å². The predicted molar refractivity (Wildman–Crippen MR) is 281 cm³/mol. The minimum Gasteiger partial charge on any atom is -0.421 e. The molecule has 0 aromatic rings. The maximum absolute atomic E-state index is 7.17. The average Bonchev–Trinajstić information content (AvgIpc) is 3.81. The average molecular weight is 908 g/mol. The lowest BCUT2D eigenvalue weighted by Crippen LogP contribution is -2.41. The largest absolute Gasteiger partial charge is 0.421 e. The highest BCUT2D eigenvalue weighted by Crippen LogP contribution is 2.57. The number of hydrogen-bond donors (Lipinski definition) is 0. The van der Waals surface area contributed by atoms with E-state index in [9.17, 15) is 0 Å². The lowest BCUT2D eigenvalue weighted by atomic mass is 9.74. The van der Waals surface area contributed by atoms with Crippen molar-refractivity contribution in [2.24, 2.45) is 41.4 Å². The molecule has 0 amide bonds. The molecule has 0 saturated heterocycles. The number of ether oxygens (including phenoxy) is 1. The van der Waals surface area contributed by atoms with Gasteiger partial charge in [-0.15, -0.1) is 0 Å². The molecular weight excluding hydrogens is 793 g/mol. The van der Waals surface area contributed by atoms with Crippen LogP contribution in [0.1, 0.15) is 234 Å². The number of unbranched alkanes of at least 4 members (excludes halogenated alkanes) is 19. The van der Waals surface area contributed by atoms with Crippen molar-refractivity contribution in [3.05, 3.63) is 0 Å². The zero-order valence-electron chi connectivity index (χ0n) is 43.9. The van der Waals surface area contributed by atoms with Crippen molar-refractivity contribution in [2.45, 2.75) is 291 Å². The van der Waals surface area contributed by atoms with Gasteiger partial charge in [-0.3, -0.25) is 0 Å². The summed E-state index contributed by atoms with van der Waals surface area (Å²) < 4.78 is 20.2. The Bertz CT molecular complexity index is 996.